The SMILES string of the molecule is COc1ccnc(-c2cnn(C)c2C(=O)Cc2ccn3nc(N4CCCC4)nc3c2)c1. The fourth-order valence-corrected chi connectivity index (χ4v) is 3.98. The summed E-state index contributed by atoms with van der Waals surface area (Å²) in [5, 5.41) is 8.85. The zero-order valence-corrected chi connectivity index (χ0v) is 17.5. The van der Waals surface area contributed by atoms with Gasteiger partial charge in [-0.05, 0) is 36.6 Å². The number of pyridine rings is 2. The van der Waals surface area contributed by atoms with E-state index in [-0.39, 0.29) is 12.2 Å². The number of rotatable bonds is 6. The summed E-state index contributed by atoms with van der Waals surface area (Å²) < 4.78 is 8.65. The predicted octanol–water partition coefficient (Wildman–Crippen LogP) is 2.56. The quantitative estimate of drug-likeness (QED) is 0.445. The highest BCUT2D eigenvalue weighted by Gasteiger charge is 2.21. The number of carbonyl (C=O) groups excluding carboxylic acids is 1. The first-order valence-corrected chi connectivity index (χ1v) is 10.3. The zero-order valence-electron chi connectivity index (χ0n) is 17.5. The van der Waals surface area contributed by atoms with Gasteiger partial charge in [0, 0.05) is 50.6 Å². The minimum atomic E-state index is -0.0387. The fraction of sp³-hybridized carbons (Fsp3) is 0.318. The molecule has 0 N–H and O–H groups in total. The molecule has 0 radical (unpaired) electrons. The van der Waals surface area contributed by atoms with Gasteiger partial charge < -0.3 is 9.64 Å². The smallest absolute Gasteiger partial charge is 0.245 e. The van der Waals surface area contributed by atoms with E-state index >= 15 is 0 Å². The van der Waals surface area contributed by atoms with Crippen LogP contribution in [0.1, 0.15) is 28.9 Å². The Labute approximate surface area is 179 Å². The number of hydrogen-bond donors (Lipinski definition) is 0. The van der Waals surface area contributed by atoms with E-state index in [2.05, 4.69) is 25.1 Å². The van der Waals surface area contributed by atoms with E-state index in [1.54, 1.807) is 47.9 Å². The van der Waals surface area contributed by atoms with Crippen molar-refractivity contribution in [2.45, 2.75) is 19.3 Å². The molecule has 0 bridgehead atoms. The molecular formula is C22H23N7O2. The lowest BCUT2D eigenvalue weighted by atomic mass is 10.0. The molecule has 31 heavy (non-hydrogen) atoms. The molecule has 0 aromatic carbocycles. The Hall–Kier alpha value is -3.75. The number of carbonyl (C=O) groups is 1. The van der Waals surface area contributed by atoms with Crippen molar-refractivity contribution in [2.75, 3.05) is 25.1 Å². The highest BCUT2D eigenvalue weighted by molar-refractivity contribution is 6.01. The maximum atomic E-state index is 13.2. The molecule has 5 heterocycles. The van der Waals surface area contributed by atoms with Crippen LogP contribution in [-0.4, -0.2) is 55.3 Å². The summed E-state index contributed by atoms with van der Waals surface area (Å²) in [4.78, 5) is 24.5. The van der Waals surface area contributed by atoms with Crippen molar-refractivity contribution in [1.82, 2.24) is 29.4 Å². The van der Waals surface area contributed by atoms with E-state index in [4.69, 9.17) is 4.74 Å². The van der Waals surface area contributed by atoms with Gasteiger partial charge in [0.15, 0.2) is 11.4 Å². The number of fused-ring (bicyclic) bond motifs is 1. The average Bonchev–Trinajstić information content (AvgIpc) is 3.52. The molecule has 4 aromatic rings. The van der Waals surface area contributed by atoms with Crippen LogP contribution in [0.15, 0.2) is 42.9 Å². The standard InChI is InChI=1S/C22H23N7O2/c1-27-21(17(14-24-27)18-13-16(31-2)5-7-23-18)19(30)11-15-6-10-29-20(12-15)25-22(26-29)28-8-3-4-9-28/h5-7,10,12-14H,3-4,8-9,11H2,1-2H3. The minimum absolute atomic E-state index is 0.0387. The second kappa shape index (κ2) is 7.82. The second-order valence-corrected chi connectivity index (χ2v) is 7.66. The summed E-state index contributed by atoms with van der Waals surface area (Å²) in [5.74, 6) is 1.39. The molecule has 158 valence electrons. The van der Waals surface area contributed by atoms with Crippen LogP contribution < -0.4 is 9.64 Å². The maximum Gasteiger partial charge on any atom is 0.245 e. The van der Waals surface area contributed by atoms with Crippen molar-refractivity contribution in [1.29, 1.82) is 0 Å². The van der Waals surface area contributed by atoms with Crippen LogP contribution in [0.5, 0.6) is 5.75 Å². The molecule has 0 saturated carbocycles. The summed E-state index contributed by atoms with van der Waals surface area (Å²) in [7, 11) is 3.37. The number of ketones is 1. The molecule has 0 atom stereocenters. The van der Waals surface area contributed by atoms with E-state index in [0.717, 1.165) is 30.2 Å². The number of anilines is 1. The van der Waals surface area contributed by atoms with E-state index in [0.29, 0.717) is 22.7 Å². The van der Waals surface area contributed by atoms with Gasteiger partial charge in [0.05, 0.1) is 19.0 Å². The first-order chi connectivity index (χ1) is 15.1. The van der Waals surface area contributed by atoms with E-state index < -0.39 is 0 Å². The third-order valence-electron chi connectivity index (χ3n) is 5.59. The Morgan fingerprint density at radius 2 is 2.03 bits per heavy atom. The van der Waals surface area contributed by atoms with Gasteiger partial charge in [0.1, 0.15) is 11.4 Å². The molecule has 0 aliphatic carbocycles. The Morgan fingerprint density at radius 1 is 1.19 bits per heavy atom. The van der Waals surface area contributed by atoms with Gasteiger partial charge >= 0.3 is 0 Å². The summed E-state index contributed by atoms with van der Waals surface area (Å²) in [6.45, 7) is 1.98. The first-order valence-electron chi connectivity index (χ1n) is 10.3. The molecule has 1 saturated heterocycles. The number of Topliss-reactive ketones (excluding diaryl/α,β-unsaturated/α-hetero) is 1. The van der Waals surface area contributed by atoms with Crippen LogP contribution in [0.25, 0.3) is 16.9 Å². The lowest BCUT2D eigenvalue weighted by Gasteiger charge is -2.10. The molecule has 0 amide bonds. The minimum Gasteiger partial charge on any atom is -0.497 e. The summed E-state index contributed by atoms with van der Waals surface area (Å²) >= 11 is 0. The Kier molecular flexibility index (Phi) is 4.85. The molecule has 0 spiro atoms. The highest BCUT2D eigenvalue weighted by atomic mass is 16.5. The lowest BCUT2D eigenvalue weighted by molar-refractivity contribution is 0.0984. The predicted molar refractivity (Wildman–Crippen MR) is 115 cm³/mol. The van der Waals surface area contributed by atoms with Gasteiger partial charge in [0.25, 0.3) is 0 Å². The van der Waals surface area contributed by atoms with Crippen LogP contribution in [0.4, 0.5) is 5.95 Å². The molecule has 1 aliphatic heterocycles. The van der Waals surface area contributed by atoms with E-state index in [9.17, 15) is 4.79 Å². The Balaban J connectivity index is 1.42. The topological polar surface area (TPSA) is 90.4 Å². The molecule has 9 heteroatoms. The van der Waals surface area contributed by atoms with E-state index in [1.165, 1.54) is 12.8 Å². The third-order valence-corrected chi connectivity index (χ3v) is 5.59. The monoisotopic (exact) mass is 417 g/mol. The first kappa shape index (κ1) is 19.2. The maximum absolute atomic E-state index is 13.2. The van der Waals surface area contributed by atoms with Crippen molar-refractivity contribution < 1.29 is 9.53 Å². The normalized spacial score (nSPS) is 13.8. The van der Waals surface area contributed by atoms with Crippen LogP contribution in [0, 0.1) is 0 Å². The van der Waals surface area contributed by atoms with Gasteiger partial charge in [-0.15, -0.1) is 5.10 Å². The number of methoxy groups -OCH3 is 1. The third kappa shape index (κ3) is 3.63. The van der Waals surface area contributed by atoms with Crippen molar-refractivity contribution in [3.63, 3.8) is 0 Å². The number of aryl methyl sites for hydroxylation is 1. The largest absolute Gasteiger partial charge is 0.497 e. The van der Waals surface area contributed by atoms with Gasteiger partial charge in [-0.2, -0.15) is 10.1 Å². The second-order valence-electron chi connectivity index (χ2n) is 7.66. The molecule has 5 rings (SSSR count). The van der Waals surface area contributed by atoms with Gasteiger partial charge in [-0.3, -0.25) is 14.5 Å². The van der Waals surface area contributed by atoms with Crippen molar-refractivity contribution >= 4 is 17.4 Å². The zero-order chi connectivity index (χ0) is 21.4. The van der Waals surface area contributed by atoms with Crippen LogP contribution in [0.3, 0.4) is 0 Å². The molecule has 1 fully saturated rings. The summed E-state index contributed by atoms with van der Waals surface area (Å²) in [6, 6.07) is 7.40. The summed E-state index contributed by atoms with van der Waals surface area (Å²) in [6.07, 6.45) is 7.76. The van der Waals surface area contributed by atoms with Crippen molar-refractivity contribution in [3.05, 3.63) is 54.1 Å². The van der Waals surface area contributed by atoms with Gasteiger partial charge in [-0.25, -0.2) is 4.52 Å². The molecule has 9 nitrogen and oxygen atoms in total. The van der Waals surface area contributed by atoms with Gasteiger partial charge in [0.2, 0.25) is 5.95 Å². The molecule has 4 aromatic heterocycles. The Bertz CT molecular complexity index is 1250. The fourth-order valence-electron chi connectivity index (χ4n) is 3.98. The molecule has 1 aliphatic rings. The molecular weight excluding hydrogens is 394 g/mol. The van der Waals surface area contributed by atoms with Crippen LogP contribution >= 0.6 is 0 Å². The van der Waals surface area contributed by atoms with Crippen molar-refractivity contribution in [3.8, 4) is 17.0 Å². The van der Waals surface area contributed by atoms with Crippen LogP contribution in [-0.2, 0) is 13.5 Å². The van der Waals surface area contributed by atoms with Crippen molar-refractivity contribution in [2.24, 2.45) is 7.05 Å². The van der Waals surface area contributed by atoms with E-state index in [1.807, 2.05) is 18.3 Å². The number of hydrogen-bond acceptors (Lipinski definition) is 7. The Morgan fingerprint density at radius 3 is 2.84 bits per heavy atom. The van der Waals surface area contributed by atoms with Crippen LogP contribution in [0.2, 0.25) is 0 Å². The summed E-state index contributed by atoms with van der Waals surface area (Å²) in [5.41, 5.74) is 3.47. The lowest BCUT2D eigenvalue weighted by Crippen LogP contribution is -2.19. The highest BCUT2D eigenvalue weighted by Crippen LogP contribution is 2.26. The number of nitrogens with zero attached hydrogens (tertiary/aromatic N) is 7. The number of ether oxygens (including phenoxy) is 1. The molecule has 0 unspecified atom stereocenters. The average molecular weight is 417 g/mol. The van der Waals surface area contributed by atoms with Gasteiger partial charge in [-0.1, -0.05) is 0 Å². The number of aromatic nitrogens is 6.